The van der Waals surface area contributed by atoms with Crippen LogP contribution in [0.2, 0.25) is 0 Å². The van der Waals surface area contributed by atoms with Crippen LogP contribution in [0.15, 0.2) is 22.7 Å². The second-order valence-electron chi connectivity index (χ2n) is 5.50. The fourth-order valence-corrected chi connectivity index (χ4v) is 3.08. The van der Waals surface area contributed by atoms with E-state index in [0.29, 0.717) is 28.5 Å². The van der Waals surface area contributed by atoms with Crippen molar-refractivity contribution in [2.24, 2.45) is 11.8 Å². The predicted octanol–water partition coefficient (Wildman–Crippen LogP) is 3.71. The highest BCUT2D eigenvalue weighted by Gasteiger charge is 2.23. The Kier molecular flexibility index (Phi) is 5.22. The SMILES string of the molecule is CC1CCCC1CNC(=O)Nc1ccc(Br)cc1C(=O)O. The molecule has 0 radical (unpaired) electrons. The second kappa shape index (κ2) is 6.93. The first-order valence-corrected chi connectivity index (χ1v) is 7.84. The molecule has 114 valence electrons. The van der Waals surface area contributed by atoms with Crippen LogP contribution in [0.1, 0.15) is 36.5 Å². The van der Waals surface area contributed by atoms with Crippen LogP contribution in [0.4, 0.5) is 10.5 Å². The van der Waals surface area contributed by atoms with Crippen LogP contribution in [0.25, 0.3) is 0 Å². The fraction of sp³-hybridized carbons (Fsp3) is 0.467. The lowest BCUT2D eigenvalue weighted by molar-refractivity contribution is 0.0698. The zero-order valence-electron chi connectivity index (χ0n) is 11.9. The number of carbonyl (C=O) groups is 2. The topological polar surface area (TPSA) is 78.4 Å². The molecule has 2 unspecified atom stereocenters. The van der Waals surface area contributed by atoms with Crippen molar-refractivity contribution >= 4 is 33.6 Å². The normalized spacial score (nSPS) is 21.0. The quantitative estimate of drug-likeness (QED) is 0.771. The summed E-state index contributed by atoms with van der Waals surface area (Å²) in [6.45, 7) is 2.83. The molecule has 0 heterocycles. The van der Waals surface area contributed by atoms with Crippen LogP contribution >= 0.6 is 15.9 Å². The van der Waals surface area contributed by atoms with E-state index in [1.54, 1.807) is 12.1 Å². The summed E-state index contributed by atoms with van der Waals surface area (Å²) in [6, 6.07) is 4.38. The molecular weight excluding hydrogens is 336 g/mol. The molecule has 2 atom stereocenters. The lowest BCUT2D eigenvalue weighted by Crippen LogP contribution is -2.34. The third-order valence-corrected chi connectivity index (χ3v) is 4.52. The van der Waals surface area contributed by atoms with Crippen molar-refractivity contribution in [2.75, 3.05) is 11.9 Å². The number of rotatable bonds is 4. The monoisotopic (exact) mass is 354 g/mol. The van der Waals surface area contributed by atoms with Crippen molar-refractivity contribution in [2.45, 2.75) is 26.2 Å². The zero-order chi connectivity index (χ0) is 15.4. The molecule has 0 spiro atoms. The van der Waals surface area contributed by atoms with Crippen molar-refractivity contribution in [3.8, 4) is 0 Å². The number of anilines is 1. The summed E-state index contributed by atoms with van der Waals surface area (Å²) >= 11 is 3.22. The molecule has 6 heteroatoms. The number of nitrogens with one attached hydrogen (secondary N) is 2. The van der Waals surface area contributed by atoms with Crippen molar-refractivity contribution in [3.63, 3.8) is 0 Å². The Morgan fingerprint density at radius 1 is 1.38 bits per heavy atom. The van der Waals surface area contributed by atoms with Gasteiger partial charge in [0.1, 0.15) is 0 Å². The average molecular weight is 355 g/mol. The molecule has 2 amide bonds. The molecule has 1 aromatic rings. The maximum absolute atomic E-state index is 11.9. The number of urea groups is 1. The Labute approximate surface area is 132 Å². The van der Waals surface area contributed by atoms with Crippen LogP contribution in [0, 0.1) is 11.8 Å². The molecule has 1 aliphatic carbocycles. The molecule has 1 fully saturated rings. The number of aromatic carboxylic acids is 1. The molecule has 1 saturated carbocycles. The number of carboxylic acids is 1. The predicted molar refractivity (Wildman–Crippen MR) is 84.6 cm³/mol. The summed E-state index contributed by atoms with van der Waals surface area (Å²) in [5, 5.41) is 14.6. The number of hydrogen-bond donors (Lipinski definition) is 3. The highest BCUT2D eigenvalue weighted by atomic mass is 79.9. The van der Waals surface area contributed by atoms with Crippen LogP contribution < -0.4 is 10.6 Å². The molecule has 1 aromatic carbocycles. The molecule has 21 heavy (non-hydrogen) atoms. The molecule has 0 aliphatic heterocycles. The zero-order valence-corrected chi connectivity index (χ0v) is 13.4. The molecule has 0 saturated heterocycles. The Morgan fingerprint density at radius 3 is 2.76 bits per heavy atom. The van der Waals surface area contributed by atoms with Gasteiger partial charge in [0, 0.05) is 11.0 Å². The Bertz CT molecular complexity index is 548. The van der Waals surface area contributed by atoms with E-state index in [2.05, 4.69) is 33.5 Å². The lowest BCUT2D eigenvalue weighted by atomic mass is 9.98. The minimum absolute atomic E-state index is 0.0637. The first kappa shape index (κ1) is 15.8. The van der Waals surface area contributed by atoms with E-state index in [1.165, 1.54) is 18.9 Å². The van der Waals surface area contributed by atoms with Gasteiger partial charge in [-0.1, -0.05) is 35.7 Å². The number of carbonyl (C=O) groups excluding carboxylic acids is 1. The van der Waals surface area contributed by atoms with Gasteiger partial charge in [0.2, 0.25) is 0 Å². The van der Waals surface area contributed by atoms with E-state index < -0.39 is 5.97 Å². The molecule has 0 aromatic heterocycles. The number of halogens is 1. The van der Waals surface area contributed by atoms with Gasteiger partial charge in [0.25, 0.3) is 0 Å². The van der Waals surface area contributed by atoms with Gasteiger partial charge >= 0.3 is 12.0 Å². The van der Waals surface area contributed by atoms with Gasteiger partial charge in [-0.25, -0.2) is 9.59 Å². The van der Waals surface area contributed by atoms with E-state index in [1.807, 2.05) is 0 Å². The van der Waals surface area contributed by atoms with Gasteiger partial charge in [0.05, 0.1) is 11.3 Å². The maximum atomic E-state index is 11.9. The van der Waals surface area contributed by atoms with E-state index in [-0.39, 0.29) is 11.6 Å². The van der Waals surface area contributed by atoms with E-state index >= 15 is 0 Å². The van der Waals surface area contributed by atoms with E-state index in [0.717, 1.165) is 6.42 Å². The average Bonchev–Trinajstić information content (AvgIpc) is 2.84. The van der Waals surface area contributed by atoms with Gasteiger partial charge in [0.15, 0.2) is 0 Å². The molecule has 5 nitrogen and oxygen atoms in total. The molecule has 3 N–H and O–H groups in total. The smallest absolute Gasteiger partial charge is 0.337 e. The van der Waals surface area contributed by atoms with Crippen LogP contribution in [0.3, 0.4) is 0 Å². The summed E-state index contributed by atoms with van der Waals surface area (Å²) < 4.78 is 0.658. The summed E-state index contributed by atoms with van der Waals surface area (Å²) in [5.41, 5.74) is 0.358. The third kappa shape index (κ3) is 4.20. The second-order valence-corrected chi connectivity index (χ2v) is 6.41. The number of amides is 2. The first-order chi connectivity index (χ1) is 9.97. The number of hydrogen-bond acceptors (Lipinski definition) is 2. The summed E-state index contributed by atoms with van der Waals surface area (Å²) in [7, 11) is 0. The van der Waals surface area contributed by atoms with Gasteiger partial charge in [-0.2, -0.15) is 0 Å². The van der Waals surface area contributed by atoms with Crippen LogP contribution in [0.5, 0.6) is 0 Å². The molecular formula is C15H19BrN2O3. The van der Waals surface area contributed by atoms with Gasteiger partial charge in [-0.15, -0.1) is 0 Å². The van der Waals surface area contributed by atoms with E-state index in [9.17, 15) is 9.59 Å². The van der Waals surface area contributed by atoms with Gasteiger partial charge < -0.3 is 15.7 Å². The van der Waals surface area contributed by atoms with Crippen LogP contribution in [-0.2, 0) is 0 Å². The summed E-state index contributed by atoms with van der Waals surface area (Å²) in [5.74, 6) is 0.0724. The summed E-state index contributed by atoms with van der Waals surface area (Å²) in [4.78, 5) is 23.1. The lowest BCUT2D eigenvalue weighted by Gasteiger charge is -2.16. The minimum Gasteiger partial charge on any atom is -0.478 e. The first-order valence-electron chi connectivity index (χ1n) is 7.05. The fourth-order valence-electron chi connectivity index (χ4n) is 2.72. The van der Waals surface area contributed by atoms with Gasteiger partial charge in [-0.3, -0.25) is 0 Å². The Hall–Kier alpha value is -1.56. The molecule has 0 bridgehead atoms. The third-order valence-electron chi connectivity index (χ3n) is 4.02. The minimum atomic E-state index is -1.07. The number of benzene rings is 1. The maximum Gasteiger partial charge on any atom is 0.337 e. The highest BCUT2D eigenvalue weighted by Crippen LogP contribution is 2.30. The van der Waals surface area contributed by atoms with E-state index in [4.69, 9.17) is 5.11 Å². The Morgan fingerprint density at radius 2 is 2.14 bits per heavy atom. The standard InChI is InChI=1S/C15H19BrN2O3/c1-9-3-2-4-10(9)8-17-15(21)18-13-6-5-11(16)7-12(13)14(19)20/h5-7,9-10H,2-4,8H2,1H3,(H,19,20)(H2,17,18,21). The van der Waals surface area contributed by atoms with Gasteiger partial charge in [-0.05, 0) is 36.5 Å². The highest BCUT2D eigenvalue weighted by molar-refractivity contribution is 9.10. The van der Waals surface area contributed by atoms with Crippen molar-refractivity contribution in [1.29, 1.82) is 0 Å². The molecule has 2 rings (SSSR count). The van der Waals surface area contributed by atoms with Crippen molar-refractivity contribution < 1.29 is 14.7 Å². The Balaban J connectivity index is 1.95. The van der Waals surface area contributed by atoms with Crippen LogP contribution in [-0.4, -0.2) is 23.7 Å². The van der Waals surface area contributed by atoms with Crippen molar-refractivity contribution in [3.05, 3.63) is 28.2 Å². The largest absolute Gasteiger partial charge is 0.478 e. The summed E-state index contributed by atoms with van der Waals surface area (Å²) in [6.07, 6.45) is 3.56. The molecule has 1 aliphatic rings. The number of carboxylic acid groups (broad SMARTS) is 1. The van der Waals surface area contributed by atoms with Crippen molar-refractivity contribution in [1.82, 2.24) is 5.32 Å².